The Morgan fingerprint density at radius 2 is 1.97 bits per heavy atom. The van der Waals surface area contributed by atoms with Gasteiger partial charge in [0.15, 0.2) is 17.9 Å². The van der Waals surface area contributed by atoms with Crippen LogP contribution in [0.1, 0.15) is 25.7 Å². The Morgan fingerprint density at radius 1 is 1.16 bits per heavy atom. The minimum absolute atomic E-state index is 0.308. The van der Waals surface area contributed by atoms with Crippen LogP contribution in [0.15, 0.2) is 40.5 Å². The van der Waals surface area contributed by atoms with Crippen LogP contribution in [0.3, 0.4) is 0 Å². The predicted octanol–water partition coefficient (Wildman–Crippen LogP) is 2.73. The van der Waals surface area contributed by atoms with Gasteiger partial charge in [0, 0.05) is 22.9 Å². The second-order valence-corrected chi connectivity index (χ2v) is 9.33. The summed E-state index contributed by atoms with van der Waals surface area (Å²) in [5, 5.41) is 24.8. The number of aliphatic imine (C=N–C) groups is 1. The number of nitrogens with one attached hydrogen (secondary N) is 1. The Kier molecular flexibility index (Phi) is 6.27. The van der Waals surface area contributed by atoms with Gasteiger partial charge in [-0.15, -0.1) is 11.8 Å². The Hall–Kier alpha value is -2.27. The van der Waals surface area contributed by atoms with Crippen molar-refractivity contribution in [2.45, 2.75) is 61.2 Å². The molecule has 0 spiro atoms. The van der Waals surface area contributed by atoms with E-state index in [4.69, 9.17) is 4.74 Å². The van der Waals surface area contributed by atoms with Gasteiger partial charge in [0.05, 0.1) is 12.6 Å². The molecule has 0 amide bonds. The Labute approximate surface area is 189 Å². The topological polar surface area (TPSA) is 103 Å². The average molecular weight is 460 g/mol. The zero-order valence-electron chi connectivity index (χ0n) is 17.5. The Bertz CT molecular complexity index is 990. The molecule has 3 N–H and O–H groups in total. The van der Waals surface area contributed by atoms with Crippen molar-refractivity contribution in [2.24, 2.45) is 4.99 Å². The van der Waals surface area contributed by atoms with E-state index in [0.717, 1.165) is 12.8 Å². The van der Waals surface area contributed by atoms with Crippen LogP contribution in [-0.2, 0) is 4.74 Å². The molecule has 0 radical (unpaired) electrons. The summed E-state index contributed by atoms with van der Waals surface area (Å²) in [6.07, 6.45) is 4.13. The minimum Gasteiger partial charge on any atom is -0.387 e. The van der Waals surface area contributed by atoms with E-state index in [0.29, 0.717) is 40.6 Å². The van der Waals surface area contributed by atoms with E-state index < -0.39 is 24.5 Å². The smallest absolute Gasteiger partial charge is 0.162 e. The maximum atomic E-state index is 13.9. The van der Waals surface area contributed by atoms with Crippen LogP contribution in [0.2, 0.25) is 0 Å². The van der Waals surface area contributed by atoms with Crippen LogP contribution in [-0.4, -0.2) is 69.3 Å². The first kappa shape index (κ1) is 21.6. The highest BCUT2D eigenvalue weighted by Gasteiger charge is 2.46. The lowest BCUT2D eigenvalue weighted by Gasteiger charge is -2.33. The molecule has 32 heavy (non-hydrogen) atoms. The lowest BCUT2D eigenvalue weighted by molar-refractivity contribution is 0.0172. The molecule has 1 saturated heterocycles. The maximum absolute atomic E-state index is 13.9. The summed E-state index contributed by atoms with van der Waals surface area (Å²) in [6, 6.07) is 6.84. The highest BCUT2D eigenvalue weighted by molar-refractivity contribution is 7.99. The highest BCUT2D eigenvalue weighted by Crippen LogP contribution is 2.39. The molecule has 2 unspecified atom stereocenters. The second-order valence-electron chi connectivity index (χ2n) is 8.27. The number of rotatable bonds is 6. The summed E-state index contributed by atoms with van der Waals surface area (Å²) in [7, 11) is 0. The van der Waals surface area contributed by atoms with Crippen LogP contribution in [0.25, 0.3) is 0 Å². The number of hydrogen-bond acceptors (Lipinski definition) is 9. The molecule has 4 atom stereocenters. The van der Waals surface area contributed by atoms with Crippen LogP contribution in [0, 0.1) is 5.82 Å². The van der Waals surface area contributed by atoms with Crippen LogP contribution in [0.4, 0.5) is 21.7 Å². The number of hydrogen-bond donors (Lipinski definition) is 3. The van der Waals surface area contributed by atoms with E-state index in [1.807, 2.05) is 0 Å². The number of ether oxygens (including phenoxy) is 1. The number of halogens is 1. The number of aromatic nitrogens is 2. The fourth-order valence-corrected chi connectivity index (χ4v) is 5.46. The van der Waals surface area contributed by atoms with Gasteiger partial charge < -0.3 is 25.2 Å². The Balaban J connectivity index is 1.32. The van der Waals surface area contributed by atoms with E-state index in [1.54, 1.807) is 29.3 Å². The number of fused-ring (bicyclic) bond motifs is 1. The molecular weight excluding hydrogens is 433 g/mol. The molecule has 10 heteroatoms. The van der Waals surface area contributed by atoms with Gasteiger partial charge in [0.25, 0.3) is 0 Å². The van der Waals surface area contributed by atoms with Gasteiger partial charge in [-0.2, -0.15) is 0 Å². The largest absolute Gasteiger partial charge is 0.387 e. The first-order chi connectivity index (χ1) is 15.6. The summed E-state index contributed by atoms with van der Waals surface area (Å²) < 4.78 is 20.0. The van der Waals surface area contributed by atoms with Crippen molar-refractivity contribution >= 4 is 35.3 Å². The third-order valence-electron chi connectivity index (χ3n) is 6.15. The molecule has 3 heterocycles. The van der Waals surface area contributed by atoms with Crippen molar-refractivity contribution in [3.63, 3.8) is 0 Å². The van der Waals surface area contributed by atoms with Crippen LogP contribution < -0.4 is 10.2 Å². The zero-order valence-corrected chi connectivity index (χ0v) is 18.3. The number of benzene rings is 1. The van der Waals surface area contributed by atoms with Crippen molar-refractivity contribution in [3.05, 3.63) is 36.4 Å². The van der Waals surface area contributed by atoms with Crippen molar-refractivity contribution in [1.82, 2.24) is 9.97 Å². The fraction of sp³-hybridized carbons (Fsp3) is 0.500. The first-order valence-electron chi connectivity index (χ1n) is 10.9. The molecule has 1 saturated carbocycles. The zero-order chi connectivity index (χ0) is 22.1. The average Bonchev–Trinajstić information content (AvgIpc) is 3.42. The van der Waals surface area contributed by atoms with Gasteiger partial charge >= 0.3 is 0 Å². The van der Waals surface area contributed by atoms with E-state index in [1.165, 1.54) is 37.0 Å². The number of anilines is 2. The highest BCUT2D eigenvalue weighted by atomic mass is 32.2. The summed E-state index contributed by atoms with van der Waals surface area (Å²) in [4.78, 5) is 15.6. The monoisotopic (exact) mass is 459 g/mol. The normalized spacial score (nSPS) is 27.7. The summed E-state index contributed by atoms with van der Waals surface area (Å²) in [5.41, 5.74) is 0.611. The minimum atomic E-state index is -1.14. The standard InChI is InChI=1S/C22H26FN5O3S/c23-14-7-3-4-8-16(14)32-11-15-18(29)19(30)22(31-15)28-10-9-24-17-20(25-12-26-21(17)28)27-13-5-1-2-6-13/h3-4,7-9,12-13,15,18-19,22,29-30H,1-2,5-6,10-11H2,(H,25,26,27)/t15?,18-,19-,22?/m1/s1. The van der Waals surface area contributed by atoms with Gasteiger partial charge in [-0.1, -0.05) is 25.0 Å². The molecule has 170 valence electrons. The van der Waals surface area contributed by atoms with Gasteiger partial charge in [-0.25, -0.2) is 14.4 Å². The van der Waals surface area contributed by atoms with Gasteiger partial charge in [-0.3, -0.25) is 4.99 Å². The van der Waals surface area contributed by atoms with E-state index in [2.05, 4.69) is 20.3 Å². The summed E-state index contributed by atoms with van der Waals surface area (Å²) >= 11 is 1.25. The van der Waals surface area contributed by atoms with E-state index in [-0.39, 0.29) is 5.82 Å². The van der Waals surface area contributed by atoms with Crippen molar-refractivity contribution in [3.8, 4) is 0 Å². The van der Waals surface area contributed by atoms with Crippen molar-refractivity contribution in [1.29, 1.82) is 0 Å². The van der Waals surface area contributed by atoms with E-state index >= 15 is 0 Å². The molecule has 0 bridgehead atoms. The van der Waals surface area contributed by atoms with Gasteiger partial charge in [-0.05, 0) is 25.0 Å². The molecule has 3 aliphatic rings. The summed E-state index contributed by atoms with van der Waals surface area (Å²) in [6.45, 7) is 0.383. The third-order valence-corrected chi connectivity index (χ3v) is 7.29. The molecule has 5 rings (SSSR count). The number of nitrogens with zero attached hydrogens (tertiary/aromatic N) is 4. The van der Waals surface area contributed by atoms with Crippen LogP contribution >= 0.6 is 11.8 Å². The molecule has 8 nitrogen and oxygen atoms in total. The van der Waals surface area contributed by atoms with Crippen molar-refractivity contribution in [2.75, 3.05) is 22.5 Å². The molecule has 2 fully saturated rings. The van der Waals surface area contributed by atoms with E-state index in [9.17, 15) is 14.6 Å². The SMILES string of the molecule is O[C@@H]1C(CSc2ccccc2F)OC(N2CC=Nc3c(NC4CCCC4)ncnc32)[C@@H]1O. The molecule has 2 aromatic rings. The molecule has 1 aliphatic carbocycles. The molecule has 2 aliphatic heterocycles. The molecule has 1 aromatic heterocycles. The maximum Gasteiger partial charge on any atom is 0.162 e. The second kappa shape index (κ2) is 9.30. The molecule has 1 aromatic carbocycles. The summed E-state index contributed by atoms with van der Waals surface area (Å²) in [5.74, 6) is 1.22. The third kappa shape index (κ3) is 4.19. The lowest BCUT2D eigenvalue weighted by Crippen LogP contribution is -2.46. The predicted molar refractivity (Wildman–Crippen MR) is 121 cm³/mol. The molecular formula is C22H26FN5O3S. The lowest BCUT2D eigenvalue weighted by atomic mass is 10.1. The number of aliphatic hydroxyl groups is 2. The Morgan fingerprint density at radius 3 is 2.78 bits per heavy atom. The quantitative estimate of drug-likeness (QED) is 0.567. The first-order valence-corrected chi connectivity index (χ1v) is 11.9. The number of aliphatic hydroxyl groups excluding tert-OH is 2. The fourth-order valence-electron chi connectivity index (χ4n) is 4.46. The number of thioether (sulfide) groups is 1. The van der Waals surface area contributed by atoms with Gasteiger partial charge in [0.1, 0.15) is 30.0 Å². The van der Waals surface area contributed by atoms with Gasteiger partial charge in [0.2, 0.25) is 0 Å². The van der Waals surface area contributed by atoms with Crippen molar-refractivity contribution < 1.29 is 19.3 Å². The van der Waals surface area contributed by atoms with Crippen LogP contribution in [0.5, 0.6) is 0 Å².